The van der Waals surface area contributed by atoms with E-state index in [1.165, 1.54) is 0 Å². The lowest BCUT2D eigenvalue weighted by Crippen LogP contribution is -2.34. The van der Waals surface area contributed by atoms with Gasteiger partial charge in [0.2, 0.25) is 0 Å². The minimum absolute atomic E-state index is 0.413. The van der Waals surface area contributed by atoms with Crippen LogP contribution in [0.15, 0.2) is 12.1 Å². The van der Waals surface area contributed by atoms with Gasteiger partial charge in [0.25, 0.3) is 0 Å². The highest BCUT2D eigenvalue weighted by Gasteiger charge is 2.14. The molecule has 5 nitrogen and oxygen atoms in total. The Morgan fingerprint density at radius 3 is 2.58 bits per heavy atom. The number of nitrogens with two attached hydrogens (primary N) is 1. The molecule has 0 saturated carbocycles. The maximum Gasteiger partial charge on any atom is 0.320 e. The van der Waals surface area contributed by atoms with Crippen LogP contribution in [-0.2, 0) is 4.79 Å². The second-order valence-electron chi connectivity index (χ2n) is 4.76. The second-order valence-corrected chi connectivity index (χ2v) is 4.76. The smallest absolute Gasteiger partial charge is 0.320 e. The fourth-order valence-corrected chi connectivity index (χ4v) is 1.98. The Hall–Kier alpha value is -1.75. The fraction of sp³-hybridized carbons (Fsp3) is 0.500. The Bertz CT molecular complexity index is 460. The summed E-state index contributed by atoms with van der Waals surface area (Å²) in [5.41, 5.74) is 8.72. The summed E-state index contributed by atoms with van der Waals surface area (Å²) in [6.45, 7) is 4.59. The highest BCUT2D eigenvalue weighted by molar-refractivity contribution is 5.73. The van der Waals surface area contributed by atoms with E-state index >= 15 is 0 Å². The van der Waals surface area contributed by atoms with Crippen LogP contribution in [-0.4, -0.2) is 37.8 Å². The van der Waals surface area contributed by atoms with Crippen LogP contribution in [0, 0.1) is 13.8 Å². The molecule has 5 heteroatoms. The van der Waals surface area contributed by atoms with Crippen molar-refractivity contribution in [1.29, 1.82) is 0 Å². The number of hydrogen-bond acceptors (Lipinski definition) is 4. The lowest BCUT2D eigenvalue weighted by Gasteiger charge is -2.23. The average molecular weight is 266 g/mol. The number of ether oxygens (including phenoxy) is 1. The van der Waals surface area contributed by atoms with Crippen LogP contribution in [0.3, 0.4) is 0 Å². The van der Waals surface area contributed by atoms with Crippen LogP contribution >= 0.6 is 0 Å². The van der Waals surface area contributed by atoms with Gasteiger partial charge in [0.1, 0.15) is 11.8 Å². The predicted octanol–water partition coefficient (Wildman–Crippen LogP) is 1.55. The molecule has 1 rings (SSSR count). The number of carboxylic acids is 1. The summed E-state index contributed by atoms with van der Waals surface area (Å²) in [5, 5.41) is 8.77. The molecule has 19 heavy (non-hydrogen) atoms. The molecule has 106 valence electrons. The summed E-state index contributed by atoms with van der Waals surface area (Å²) >= 11 is 0. The molecule has 0 bridgehead atoms. The zero-order valence-electron chi connectivity index (χ0n) is 11.9. The van der Waals surface area contributed by atoms with Gasteiger partial charge in [-0.25, -0.2) is 0 Å². The molecule has 1 unspecified atom stereocenters. The van der Waals surface area contributed by atoms with Crippen molar-refractivity contribution in [3.8, 4) is 5.75 Å². The van der Waals surface area contributed by atoms with Crippen molar-refractivity contribution in [3.63, 3.8) is 0 Å². The number of carboxylic acid groups (broad SMARTS) is 1. The zero-order valence-corrected chi connectivity index (χ0v) is 11.9. The summed E-state index contributed by atoms with van der Waals surface area (Å²) in [4.78, 5) is 12.7. The summed E-state index contributed by atoms with van der Waals surface area (Å²) in [5.74, 6) is -0.104. The minimum atomic E-state index is -0.962. The molecule has 0 heterocycles. The largest absolute Gasteiger partial charge is 0.496 e. The zero-order chi connectivity index (χ0) is 14.6. The lowest BCUT2D eigenvalue weighted by atomic mass is 10.1. The molecule has 1 atom stereocenters. The van der Waals surface area contributed by atoms with E-state index in [0.717, 1.165) is 22.6 Å². The van der Waals surface area contributed by atoms with Crippen LogP contribution in [0.5, 0.6) is 5.75 Å². The number of aryl methyl sites for hydroxylation is 2. The standard InChI is InChI=1S/C14H22N2O3/c1-9-8-13(19-4)10(2)7-12(9)16(3)6-5-11(15)14(17)18/h7-8,11H,5-6,15H2,1-4H3,(H,17,18). The van der Waals surface area contributed by atoms with E-state index in [1.54, 1.807) is 7.11 Å². The van der Waals surface area contributed by atoms with Gasteiger partial charge >= 0.3 is 5.97 Å². The minimum Gasteiger partial charge on any atom is -0.496 e. The Labute approximate surface area is 114 Å². The van der Waals surface area contributed by atoms with Gasteiger partial charge in [0.15, 0.2) is 0 Å². The third kappa shape index (κ3) is 3.86. The Morgan fingerprint density at radius 2 is 2.05 bits per heavy atom. The third-order valence-corrected chi connectivity index (χ3v) is 3.22. The molecule has 0 fully saturated rings. The number of benzene rings is 1. The number of anilines is 1. The van der Waals surface area contributed by atoms with Crippen molar-refractivity contribution in [2.75, 3.05) is 25.6 Å². The molecular formula is C14H22N2O3. The number of hydrogen-bond donors (Lipinski definition) is 2. The van der Waals surface area contributed by atoms with Gasteiger partial charge in [-0.2, -0.15) is 0 Å². The molecule has 0 spiro atoms. The molecule has 0 aromatic heterocycles. The normalized spacial score (nSPS) is 12.1. The summed E-state index contributed by atoms with van der Waals surface area (Å²) in [6, 6.07) is 3.21. The molecular weight excluding hydrogens is 244 g/mol. The summed E-state index contributed by atoms with van der Waals surface area (Å²) in [6.07, 6.45) is 0.413. The quantitative estimate of drug-likeness (QED) is 0.817. The van der Waals surface area contributed by atoms with Gasteiger partial charge in [-0.1, -0.05) is 0 Å². The lowest BCUT2D eigenvalue weighted by molar-refractivity contribution is -0.138. The van der Waals surface area contributed by atoms with Crippen molar-refractivity contribution in [1.82, 2.24) is 0 Å². The maximum atomic E-state index is 10.7. The average Bonchev–Trinajstić information content (AvgIpc) is 2.37. The summed E-state index contributed by atoms with van der Waals surface area (Å²) in [7, 11) is 3.58. The molecule has 1 aromatic carbocycles. The Balaban J connectivity index is 2.80. The maximum absolute atomic E-state index is 10.7. The first-order valence-corrected chi connectivity index (χ1v) is 6.21. The number of methoxy groups -OCH3 is 1. The van der Waals surface area contributed by atoms with E-state index in [1.807, 2.05) is 37.9 Å². The van der Waals surface area contributed by atoms with Gasteiger partial charge in [-0.15, -0.1) is 0 Å². The van der Waals surface area contributed by atoms with Crippen LogP contribution < -0.4 is 15.4 Å². The fourth-order valence-electron chi connectivity index (χ4n) is 1.98. The number of aliphatic carboxylic acids is 1. The van der Waals surface area contributed by atoms with Gasteiger partial charge in [-0.05, 0) is 43.5 Å². The van der Waals surface area contributed by atoms with E-state index in [0.29, 0.717) is 13.0 Å². The molecule has 0 saturated heterocycles. The highest BCUT2D eigenvalue weighted by Crippen LogP contribution is 2.28. The van der Waals surface area contributed by atoms with E-state index < -0.39 is 12.0 Å². The van der Waals surface area contributed by atoms with Crippen molar-refractivity contribution in [3.05, 3.63) is 23.3 Å². The number of nitrogens with zero attached hydrogens (tertiary/aromatic N) is 1. The first-order chi connectivity index (χ1) is 8.86. The van der Waals surface area contributed by atoms with Crippen molar-refractivity contribution in [2.24, 2.45) is 5.73 Å². The Morgan fingerprint density at radius 1 is 1.42 bits per heavy atom. The first-order valence-electron chi connectivity index (χ1n) is 6.21. The molecule has 0 radical (unpaired) electrons. The Kier molecular flexibility index (Phi) is 5.18. The topological polar surface area (TPSA) is 75.8 Å². The monoisotopic (exact) mass is 266 g/mol. The van der Waals surface area contributed by atoms with Crippen LogP contribution in [0.1, 0.15) is 17.5 Å². The first kappa shape index (κ1) is 15.3. The van der Waals surface area contributed by atoms with Gasteiger partial charge in [0, 0.05) is 19.3 Å². The van der Waals surface area contributed by atoms with E-state index in [2.05, 4.69) is 0 Å². The molecule has 3 N–H and O–H groups in total. The van der Waals surface area contributed by atoms with Gasteiger partial charge in [0.05, 0.1) is 7.11 Å². The third-order valence-electron chi connectivity index (χ3n) is 3.22. The predicted molar refractivity (Wildman–Crippen MR) is 76.0 cm³/mol. The second kappa shape index (κ2) is 6.43. The van der Waals surface area contributed by atoms with Crippen LogP contribution in [0.25, 0.3) is 0 Å². The molecule has 0 amide bonds. The summed E-state index contributed by atoms with van der Waals surface area (Å²) < 4.78 is 5.27. The molecule has 0 aliphatic rings. The number of rotatable bonds is 6. The molecule has 0 aliphatic carbocycles. The van der Waals surface area contributed by atoms with Gasteiger partial charge in [-0.3, -0.25) is 4.79 Å². The van der Waals surface area contributed by atoms with Crippen molar-refractivity contribution >= 4 is 11.7 Å². The molecule has 1 aromatic rings. The number of carbonyl (C=O) groups is 1. The van der Waals surface area contributed by atoms with E-state index in [-0.39, 0.29) is 0 Å². The van der Waals surface area contributed by atoms with E-state index in [9.17, 15) is 4.79 Å². The van der Waals surface area contributed by atoms with Crippen molar-refractivity contribution in [2.45, 2.75) is 26.3 Å². The SMILES string of the molecule is COc1cc(C)c(N(C)CCC(N)C(=O)O)cc1C. The van der Waals surface area contributed by atoms with Crippen LogP contribution in [0.2, 0.25) is 0 Å². The highest BCUT2D eigenvalue weighted by atomic mass is 16.5. The van der Waals surface area contributed by atoms with E-state index in [4.69, 9.17) is 15.6 Å². The molecule has 0 aliphatic heterocycles. The van der Waals surface area contributed by atoms with Gasteiger partial charge < -0.3 is 20.5 Å². The van der Waals surface area contributed by atoms with Crippen molar-refractivity contribution < 1.29 is 14.6 Å². The van der Waals surface area contributed by atoms with Crippen LogP contribution in [0.4, 0.5) is 5.69 Å².